The number of hydrogen-bond acceptors (Lipinski definition) is 4. The van der Waals surface area contributed by atoms with Gasteiger partial charge in [-0.2, -0.15) is 0 Å². The molecule has 0 unspecified atom stereocenters. The Hall–Kier alpha value is -2.35. The lowest BCUT2D eigenvalue weighted by atomic mass is 10.3. The van der Waals surface area contributed by atoms with Gasteiger partial charge in [0.15, 0.2) is 5.16 Å². The molecule has 0 spiro atoms. The molecule has 0 fully saturated rings. The van der Waals surface area contributed by atoms with Gasteiger partial charge in [-0.25, -0.2) is 9.37 Å². The van der Waals surface area contributed by atoms with Gasteiger partial charge in [0.25, 0.3) is 0 Å². The summed E-state index contributed by atoms with van der Waals surface area (Å²) in [5.74, 6) is -0.837. The van der Waals surface area contributed by atoms with Crippen molar-refractivity contribution < 1.29 is 14.0 Å². The number of benzene rings is 1. The molecule has 2 aromatic rings. The third-order valence-corrected chi connectivity index (χ3v) is 3.74. The van der Waals surface area contributed by atoms with E-state index >= 15 is 0 Å². The minimum atomic E-state index is -0.377. The molecule has 22 heavy (non-hydrogen) atoms. The number of thioether (sulfide) groups is 1. The van der Waals surface area contributed by atoms with E-state index in [1.165, 1.54) is 36.0 Å². The van der Waals surface area contributed by atoms with Gasteiger partial charge in [-0.3, -0.25) is 9.59 Å². The van der Waals surface area contributed by atoms with Crippen LogP contribution in [0.15, 0.2) is 41.8 Å². The highest BCUT2D eigenvalue weighted by atomic mass is 32.2. The lowest BCUT2D eigenvalue weighted by Crippen LogP contribution is -2.33. The Kier molecular flexibility index (Phi) is 5.54. The first-order chi connectivity index (χ1) is 10.5. The van der Waals surface area contributed by atoms with Crippen molar-refractivity contribution in [2.45, 2.75) is 5.16 Å². The van der Waals surface area contributed by atoms with Gasteiger partial charge in [0.1, 0.15) is 5.82 Å². The molecule has 2 rings (SSSR count). The summed E-state index contributed by atoms with van der Waals surface area (Å²) in [6.07, 6.45) is 3.44. The Labute approximate surface area is 131 Å². The summed E-state index contributed by atoms with van der Waals surface area (Å²) in [5, 5.41) is 5.80. The quantitative estimate of drug-likeness (QED) is 0.789. The van der Waals surface area contributed by atoms with E-state index in [1.54, 1.807) is 17.0 Å². The van der Waals surface area contributed by atoms with Crippen molar-refractivity contribution in [1.29, 1.82) is 0 Å². The fourth-order valence-corrected chi connectivity index (χ4v) is 2.35. The number of amides is 2. The molecule has 1 aromatic carbocycles. The molecule has 0 atom stereocenters. The molecule has 0 saturated heterocycles. The Bertz CT molecular complexity index is 657. The second-order valence-electron chi connectivity index (χ2n) is 4.44. The second kappa shape index (κ2) is 7.60. The van der Waals surface area contributed by atoms with Crippen LogP contribution in [-0.2, 0) is 16.6 Å². The Balaban J connectivity index is 1.70. The fourth-order valence-electron chi connectivity index (χ4n) is 1.59. The minimum Gasteiger partial charge on any atom is -0.346 e. The van der Waals surface area contributed by atoms with E-state index in [1.807, 2.05) is 7.05 Å². The second-order valence-corrected chi connectivity index (χ2v) is 5.38. The van der Waals surface area contributed by atoms with E-state index < -0.39 is 0 Å². The first kappa shape index (κ1) is 16.0. The van der Waals surface area contributed by atoms with Crippen LogP contribution in [0.25, 0.3) is 0 Å². The van der Waals surface area contributed by atoms with Crippen LogP contribution in [0.3, 0.4) is 0 Å². The van der Waals surface area contributed by atoms with Crippen molar-refractivity contribution >= 4 is 29.3 Å². The molecule has 2 N–H and O–H groups in total. The molecule has 1 aromatic heterocycles. The number of nitrogens with zero attached hydrogens (tertiary/aromatic N) is 2. The standard InChI is InChI=1S/C14H15FN4O2S/c1-19-7-6-16-14(19)22-9-13(21)17-8-12(20)18-11-4-2-10(15)3-5-11/h2-7H,8-9H2,1H3,(H,17,21)(H,18,20). The minimum absolute atomic E-state index is 0.142. The lowest BCUT2D eigenvalue weighted by molar-refractivity contribution is -0.122. The number of imidazole rings is 1. The molecule has 0 bridgehead atoms. The predicted octanol–water partition coefficient (Wildman–Crippen LogP) is 1.41. The molecule has 0 aliphatic rings. The van der Waals surface area contributed by atoms with Crippen molar-refractivity contribution in [1.82, 2.24) is 14.9 Å². The molecule has 116 valence electrons. The van der Waals surface area contributed by atoms with E-state index in [0.29, 0.717) is 5.69 Å². The molecule has 0 aliphatic heterocycles. The SMILES string of the molecule is Cn1ccnc1SCC(=O)NCC(=O)Nc1ccc(F)cc1. The van der Waals surface area contributed by atoms with Crippen molar-refractivity contribution in [2.75, 3.05) is 17.6 Å². The summed E-state index contributed by atoms with van der Waals surface area (Å²) in [6, 6.07) is 5.40. The average molecular weight is 322 g/mol. The van der Waals surface area contributed by atoms with Crippen LogP contribution in [0, 0.1) is 5.82 Å². The average Bonchev–Trinajstić information content (AvgIpc) is 2.91. The summed E-state index contributed by atoms with van der Waals surface area (Å²) in [6.45, 7) is -0.142. The zero-order valence-corrected chi connectivity index (χ0v) is 12.7. The summed E-state index contributed by atoms with van der Waals surface area (Å²) < 4.78 is 14.5. The van der Waals surface area contributed by atoms with Gasteiger partial charge in [0.05, 0.1) is 12.3 Å². The van der Waals surface area contributed by atoms with E-state index in [0.717, 1.165) is 5.16 Å². The Morgan fingerprint density at radius 3 is 2.64 bits per heavy atom. The van der Waals surface area contributed by atoms with Gasteiger partial charge in [-0.05, 0) is 24.3 Å². The van der Waals surface area contributed by atoms with Crippen LogP contribution in [0.4, 0.5) is 10.1 Å². The molecular formula is C14H15FN4O2S. The van der Waals surface area contributed by atoms with E-state index in [4.69, 9.17) is 0 Å². The lowest BCUT2D eigenvalue weighted by Gasteiger charge is -2.07. The van der Waals surface area contributed by atoms with Gasteiger partial charge in [-0.1, -0.05) is 11.8 Å². The fraction of sp³-hybridized carbons (Fsp3) is 0.214. The monoisotopic (exact) mass is 322 g/mol. The van der Waals surface area contributed by atoms with Crippen LogP contribution in [0.2, 0.25) is 0 Å². The van der Waals surface area contributed by atoms with Gasteiger partial charge < -0.3 is 15.2 Å². The number of aromatic nitrogens is 2. The highest BCUT2D eigenvalue weighted by Gasteiger charge is 2.08. The molecular weight excluding hydrogens is 307 g/mol. The number of hydrogen-bond donors (Lipinski definition) is 2. The number of rotatable bonds is 6. The van der Waals surface area contributed by atoms with Gasteiger partial charge in [-0.15, -0.1) is 0 Å². The number of aryl methyl sites for hydroxylation is 1. The third-order valence-electron chi connectivity index (χ3n) is 2.68. The zero-order valence-electron chi connectivity index (χ0n) is 11.9. The number of carbonyl (C=O) groups excluding carboxylic acids is 2. The van der Waals surface area contributed by atoms with Crippen molar-refractivity contribution in [2.24, 2.45) is 7.05 Å². The summed E-state index contributed by atoms with van der Waals surface area (Å²) in [5.41, 5.74) is 0.475. The summed E-state index contributed by atoms with van der Waals surface area (Å²) in [7, 11) is 1.84. The first-order valence-corrected chi connectivity index (χ1v) is 7.45. The topological polar surface area (TPSA) is 76.0 Å². The van der Waals surface area contributed by atoms with Crippen LogP contribution in [0.1, 0.15) is 0 Å². The summed E-state index contributed by atoms with van der Waals surface area (Å²) >= 11 is 1.29. The normalized spacial score (nSPS) is 10.3. The first-order valence-electron chi connectivity index (χ1n) is 6.47. The highest BCUT2D eigenvalue weighted by molar-refractivity contribution is 7.99. The van der Waals surface area contributed by atoms with Gasteiger partial charge in [0, 0.05) is 25.1 Å². The molecule has 2 amide bonds. The zero-order chi connectivity index (χ0) is 15.9. The van der Waals surface area contributed by atoms with Crippen molar-refractivity contribution in [3.05, 3.63) is 42.5 Å². The number of nitrogens with one attached hydrogen (secondary N) is 2. The van der Waals surface area contributed by atoms with Crippen LogP contribution >= 0.6 is 11.8 Å². The van der Waals surface area contributed by atoms with E-state index in [-0.39, 0.29) is 29.9 Å². The Morgan fingerprint density at radius 1 is 1.27 bits per heavy atom. The molecule has 0 aliphatic carbocycles. The van der Waals surface area contributed by atoms with Crippen LogP contribution in [0.5, 0.6) is 0 Å². The summed E-state index contributed by atoms with van der Waals surface area (Å²) in [4.78, 5) is 27.4. The molecule has 1 heterocycles. The molecule has 0 radical (unpaired) electrons. The van der Waals surface area contributed by atoms with Crippen LogP contribution in [-0.4, -0.2) is 33.7 Å². The number of anilines is 1. The predicted molar refractivity (Wildman–Crippen MR) is 82.0 cm³/mol. The maximum Gasteiger partial charge on any atom is 0.243 e. The van der Waals surface area contributed by atoms with Gasteiger partial charge >= 0.3 is 0 Å². The molecule has 8 heteroatoms. The van der Waals surface area contributed by atoms with Gasteiger partial charge in [0.2, 0.25) is 11.8 Å². The maximum atomic E-state index is 12.7. The van der Waals surface area contributed by atoms with E-state index in [2.05, 4.69) is 15.6 Å². The van der Waals surface area contributed by atoms with Crippen molar-refractivity contribution in [3.8, 4) is 0 Å². The maximum absolute atomic E-state index is 12.7. The molecule has 6 nitrogen and oxygen atoms in total. The smallest absolute Gasteiger partial charge is 0.243 e. The van der Waals surface area contributed by atoms with Crippen LogP contribution < -0.4 is 10.6 Å². The Morgan fingerprint density at radius 2 is 2.00 bits per heavy atom. The number of halogens is 1. The van der Waals surface area contributed by atoms with E-state index in [9.17, 15) is 14.0 Å². The largest absolute Gasteiger partial charge is 0.346 e. The van der Waals surface area contributed by atoms with Crippen molar-refractivity contribution in [3.63, 3.8) is 0 Å². The third kappa shape index (κ3) is 4.88. The number of carbonyl (C=O) groups is 2. The highest BCUT2D eigenvalue weighted by Crippen LogP contribution is 2.13. The molecule has 0 saturated carbocycles.